The Morgan fingerprint density at radius 1 is 1.06 bits per heavy atom. The molecule has 0 amide bonds. The molecule has 3 aromatic rings. The third-order valence-electron chi connectivity index (χ3n) is 7.68. The first kappa shape index (κ1) is 25.3. The third-order valence-corrected chi connectivity index (χ3v) is 9.31. The predicted molar refractivity (Wildman–Crippen MR) is 156 cm³/mol. The second-order valence-electron chi connectivity index (χ2n) is 10.5. The van der Waals surface area contributed by atoms with E-state index in [4.69, 9.17) is 11.6 Å². The fourth-order valence-electron chi connectivity index (χ4n) is 5.60. The van der Waals surface area contributed by atoms with Crippen LogP contribution >= 0.6 is 19.5 Å². The van der Waals surface area contributed by atoms with Crippen molar-refractivity contribution in [3.63, 3.8) is 0 Å². The van der Waals surface area contributed by atoms with Gasteiger partial charge in [-0.2, -0.15) is 4.98 Å². The lowest BCUT2D eigenvalue weighted by atomic mass is 9.67. The van der Waals surface area contributed by atoms with Crippen molar-refractivity contribution in [1.29, 1.82) is 0 Å². The van der Waals surface area contributed by atoms with E-state index in [1.165, 1.54) is 55.3 Å². The van der Waals surface area contributed by atoms with Crippen LogP contribution in [-0.4, -0.2) is 49.5 Å². The standard InChI is InChI=1S/C28H36ClN6P/c1-19-15-21(9-10-24(19)35-17-28(18-35)13-11-20(30-2)12-14-28)32-27-31-16-22(29)26(34-27)33-23-7-5-6-8-25(23)36(3)4/h5-10,15-16,20,30H,11-14,17-18H2,1-4H3,(H2,31,32,33,34). The molecule has 2 fully saturated rings. The number of anilines is 5. The Morgan fingerprint density at radius 3 is 2.50 bits per heavy atom. The lowest BCUT2D eigenvalue weighted by Gasteiger charge is -2.55. The molecule has 36 heavy (non-hydrogen) atoms. The summed E-state index contributed by atoms with van der Waals surface area (Å²) < 4.78 is 0. The van der Waals surface area contributed by atoms with Gasteiger partial charge in [-0.05, 0) is 88.1 Å². The number of nitrogens with one attached hydrogen (secondary N) is 3. The van der Waals surface area contributed by atoms with Gasteiger partial charge >= 0.3 is 0 Å². The quantitative estimate of drug-likeness (QED) is 0.318. The first-order valence-electron chi connectivity index (χ1n) is 12.7. The monoisotopic (exact) mass is 522 g/mol. The summed E-state index contributed by atoms with van der Waals surface area (Å²) in [5.41, 5.74) is 5.12. The van der Waals surface area contributed by atoms with Gasteiger partial charge in [-0.1, -0.05) is 37.7 Å². The van der Waals surface area contributed by atoms with E-state index in [0.29, 0.717) is 28.2 Å². The fourth-order valence-corrected chi connectivity index (χ4v) is 6.73. The van der Waals surface area contributed by atoms with E-state index in [0.717, 1.165) is 11.4 Å². The van der Waals surface area contributed by atoms with E-state index in [-0.39, 0.29) is 7.92 Å². The van der Waals surface area contributed by atoms with Gasteiger partial charge in [0.05, 0.1) is 6.20 Å². The SMILES string of the molecule is CNC1CCC2(CC1)CN(c1ccc(Nc3ncc(Cl)c(Nc4ccccc4P(C)C)n3)cc1C)C2. The van der Waals surface area contributed by atoms with Crippen molar-refractivity contribution in [3.8, 4) is 0 Å². The van der Waals surface area contributed by atoms with Crippen molar-refractivity contribution in [2.45, 2.75) is 38.6 Å². The van der Waals surface area contributed by atoms with Crippen molar-refractivity contribution in [3.05, 3.63) is 59.2 Å². The smallest absolute Gasteiger partial charge is 0.229 e. The van der Waals surface area contributed by atoms with E-state index >= 15 is 0 Å². The second-order valence-corrected chi connectivity index (χ2v) is 13.1. The highest BCUT2D eigenvalue weighted by molar-refractivity contribution is 7.64. The minimum Gasteiger partial charge on any atom is -0.370 e. The van der Waals surface area contributed by atoms with Crippen LogP contribution in [0.25, 0.3) is 0 Å². The van der Waals surface area contributed by atoms with Crippen LogP contribution in [0.2, 0.25) is 5.02 Å². The summed E-state index contributed by atoms with van der Waals surface area (Å²) in [5.74, 6) is 1.12. The van der Waals surface area contributed by atoms with Crippen LogP contribution in [0.1, 0.15) is 31.2 Å². The van der Waals surface area contributed by atoms with E-state index in [1.807, 2.05) is 6.07 Å². The molecule has 0 atom stereocenters. The highest BCUT2D eigenvalue weighted by Gasteiger charge is 2.45. The molecule has 6 nitrogen and oxygen atoms in total. The van der Waals surface area contributed by atoms with Gasteiger partial charge in [0.15, 0.2) is 5.82 Å². The van der Waals surface area contributed by atoms with Gasteiger partial charge in [-0.15, -0.1) is 0 Å². The number of benzene rings is 2. The summed E-state index contributed by atoms with van der Waals surface area (Å²) in [4.78, 5) is 11.6. The summed E-state index contributed by atoms with van der Waals surface area (Å²) in [5, 5.41) is 12.0. The molecule has 2 aliphatic rings. The Kier molecular flexibility index (Phi) is 7.39. The molecule has 1 aromatic heterocycles. The maximum Gasteiger partial charge on any atom is 0.229 e. The maximum atomic E-state index is 6.44. The lowest BCUT2D eigenvalue weighted by Crippen LogP contribution is -2.59. The summed E-state index contributed by atoms with van der Waals surface area (Å²) >= 11 is 6.44. The molecule has 0 unspecified atom stereocenters. The largest absolute Gasteiger partial charge is 0.370 e. The van der Waals surface area contributed by atoms with Crippen LogP contribution in [0.15, 0.2) is 48.7 Å². The van der Waals surface area contributed by atoms with Gasteiger partial charge in [0, 0.05) is 41.6 Å². The van der Waals surface area contributed by atoms with Crippen LogP contribution in [0, 0.1) is 12.3 Å². The molecule has 2 aromatic carbocycles. The Labute approximate surface area is 221 Å². The highest BCUT2D eigenvalue weighted by Crippen LogP contribution is 2.46. The summed E-state index contributed by atoms with van der Waals surface area (Å²) in [7, 11) is 1.83. The van der Waals surface area contributed by atoms with E-state index in [1.54, 1.807) is 6.20 Å². The van der Waals surface area contributed by atoms with E-state index < -0.39 is 0 Å². The van der Waals surface area contributed by atoms with Crippen molar-refractivity contribution in [1.82, 2.24) is 15.3 Å². The zero-order chi connectivity index (χ0) is 25.3. The highest BCUT2D eigenvalue weighted by atomic mass is 35.5. The van der Waals surface area contributed by atoms with Crippen LogP contribution in [0.5, 0.6) is 0 Å². The molecule has 5 rings (SSSR count). The molecule has 1 saturated carbocycles. The van der Waals surface area contributed by atoms with Crippen molar-refractivity contribution in [2.24, 2.45) is 5.41 Å². The van der Waals surface area contributed by atoms with Gasteiger partial charge < -0.3 is 20.9 Å². The van der Waals surface area contributed by atoms with Crippen LogP contribution in [0.3, 0.4) is 0 Å². The number of nitrogens with zero attached hydrogens (tertiary/aromatic N) is 3. The van der Waals surface area contributed by atoms with Crippen molar-refractivity contribution in [2.75, 3.05) is 49.0 Å². The zero-order valence-electron chi connectivity index (χ0n) is 21.6. The van der Waals surface area contributed by atoms with Gasteiger partial charge in [-0.3, -0.25) is 0 Å². The first-order valence-corrected chi connectivity index (χ1v) is 15.3. The van der Waals surface area contributed by atoms with Crippen molar-refractivity contribution >= 4 is 53.7 Å². The van der Waals surface area contributed by atoms with Gasteiger partial charge in [0.1, 0.15) is 5.02 Å². The molecule has 0 bridgehead atoms. The molecule has 8 heteroatoms. The van der Waals surface area contributed by atoms with Gasteiger partial charge in [-0.25, -0.2) is 4.98 Å². The number of halogens is 1. The van der Waals surface area contributed by atoms with Crippen LogP contribution in [-0.2, 0) is 0 Å². The minimum atomic E-state index is -0.260. The molecule has 3 N–H and O–H groups in total. The molecule has 190 valence electrons. The number of para-hydroxylation sites is 1. The zero-order valence-corrected chi connectivity index (χ0v) is 23.3. The molecular weight excluding hydrogens is 487 g/mol. The molecule has 1 saturated heterocycles. The van der Waals surface area contributed by atoms with Crippen LogP contribution in [0.4, 0.5) is 28.8 Å². The third kappa shape index (κ3) is 5.32. The van der Waals surface area contributed by atoms with E-state index in [2.05, 4.69) is 94.5 Å². The van der Waals surface area contributed by atoms with Crippen molar-refractivity contribution < 1.29 is 0 Å². The average molecular weight is 523 g/mol. The Balaban J connectivity index is 1.26. The summed E-state index contributed by atoms with van der Waals surface area (Å²) in [6, 6.07) is 15.5. The molecule has 0 radical (unpaired) electrons. The molecule has 1 spiro atoms. The number of aryl methyl sites for hydroxylation is 1. The Morgan fingerprint density at radius 2 is 1.81 bits per heavy atom. The first-order chi connectivity index (χ1) is 17.4. The fraction of sp³-hybridized carbons (Fsp3) is 0.429. The number of rotatable bonds is 7. The predicted octanol–water partition coefficient (Wildman–Crippen LogP) is 6.26. The number of aromatic nitrogens is 2. The summed E-state index contributed by atoms with van der Waals surface area (Å²) in [6.07, 6.45) is 6.91. The molecule has 2 heterocycles. The molecule has 1 aliphatic heterocycles. The Bertz CT molecular complexity index is 1220. The molecule has 1 aliphatic carbocycles. The number of hydrogen-bond donors (Lipinski definition) is 3. The maximum absolute atomic E-state index is 6.44. The minimum absolute atomic E-state index is 0.260. The van der Waals surface area contributed by atoms with E-state index in [9.17, 15) is 0 Å². The Hall–Kier alpha value is -2.40. The lowest BCUT2D eigenvalue weighted by molar-refractivity contribution is 0.122. The number of hydrogen-bond acceptors (Lipinski definition) is 6. The second kappa shape index (κ2) is 10.5. The van der Waals surface area contributed by atoms with Gasteiger partial charge in [0.25, 0.3) is 0 Å². The average Bonchev–Trinajstić information content (AvgIpc) is 2.85. The normalized spacial score (nSPS) is 17.3. The molecular formula is C28H36ClN6P. The van der Waals surface area contributed by atoms with Gasteiger partial charge in [0.2, 0.25) is 5.95 Å². The topological polar surface area (TPSA) is 65.1 Å². The summed E-state index contributed by atoms with van der Waals surface area (Å²) in [6.45, 7) is 9.01. The van der Waals surface area contributed by atoms with Crippen LogP contribution < -0.4 is 26.2 Å².